The van der Waals surface area contributed by atoms with Crippen molar-refractivity contribution in [3.63, 3.8) is 0 Å². The van der Waals surface area contributed by atoms with Crippen molar-refractivity contribution in [2.24, 2.45) is 5.92 Å². The second-order valence-electron chi connectivity index (χ2n) is 7.61. The van der Waals surface area contributed by atoms with Gasteiger partial charge in [-0.1, -0.05) is 19.9 Å². The first kappa shape index (κ1) is 19.0. The topological polar surface area (TPSA) is 73.4 Å². The molecule has 0 saturated heterocycles. The number of amides is 1. The zero-order chi connectivity index (χ0) is 20.4. The van der Waals surface area contributed by atoms with Crippen LogP contribution < -0.4 is 10.1 Å². The van der Waals surface area contributed by atoms with E-state index in [0.29, 0.717) is 5.92 Å². The van der Waals surface area contributed by atoms with Gasteiger partial charge in [0.05, 0.1) is 13.2 Å². The fourth-order valence-corrected chi connectivity index (χ4v) is 3.64. The van der Waals surface area contributed by atoms with Crippen molar-refractivity contribution in [2.45, 2.75) is 32.9 Å². The molecule has 1 aromatic carbocycles. The van der Waals surface area contributed by atoms with Crippen molar-refractivity contribution >= 4 is 22.5 Å². The molecule has 1 atom stereocenters. The van der Waals surface area contributed by atoms with Gasteiger partial charge in [-0.15, -0.1) is 10.2 Å². The fraction of sp³-hybridized carbons (Fsp3) is 0.318. The lowest BCUT2D eigenvalue weighted by Gasteiger charge is -2.19. The van der Waals surface area contributed by atoms with Crippen molar-refractivity contribution < 1.29 is 9.53 Å². The number of pyridine rings is 1. The van der Waals surface area contributed by atoms with Crippen LogP contribution in [0.5, 0.6) is 5.75 Å². The van der Waals surface area contributed by atoms with Gasteiger partial charge < -0.3 is 14.6 Å². The lowest BCUT2D eigenvalue weighted by Crippen LogP contribution is -2.33. The van der Waals surface area contributed by atoms with Crippen LogP contribution in [-0.4, -0.2) is 32.2 Å². The van der Waals surface area contributed by atoms with Gasteiger partial charge in [0.2, 0.25) is 5.91 Å². The number of benzene rings is 1. The number of nitrogens with zero attached hydrogens (tertiary/aromatic N) is 4. The van der Waals surface area contributed by atoms with E-state index in [9.17, 15) is 4.79 Å². The standard InChI is InChI=1S/C22H25N5O2/c1-15(2)12-18(22-25-24-20-6-4-5-10-27(20)22)23-21(28)14-26-11-9-16-13-17(29-3)7-8-19(16)26/h4-11,13,15,18H,12,14H2,1-3H3,(H,23,28). The Bertz CT molecular complexity index is 1140. The smallest absolute Gasteiger partial charge is 0.240 e. The Morgan fingerprint density at radius 3 is 2.79 bits per heavy atom. The minimum atomic E-state index is -0.207. The Balaban J connectivity index is 1.56. The van der Waals surface area contributed by atoms with Gasteiger partial charge in [0.15, 0.2) is 11.5 Å². The third-order valence-corrected chi connectivity index (χ3v) is 4.99. The summed E-state index contributed by atoms with van der Waals surface area (Å²) in [5.41, 5.74) is 1.77. The fourth-order valence-electron chi connectivity index (χ4n) is 3.64. The van der Waals surface area contributed by atoms with E-state index in [2.05, 4.69) is 29.4 Å². The summed E-state index contributed by atoms with van der Waals surface area (Å²) < 4.78 is 9.15. The summed E-state index contributed by atoms with van der Waals surface area (Å²) >= 11 is 0. The maximum atomic E-state index is 12.9. The molecule has 150 valence electrons. The highest BCUT2D eigenvalue weighted by Gasteiger charge is 2.22. The molecule has 0 saturated carbocycles. The van der Waals surface area contributed by atoms with E-state index in [-0.39, 0.29) is 18.5 Å². The summed E-state index contributed by atoms with van der Waals surface area (Å²) in [7, 11) is 1.65. The number of rotatable bonds is 7. The van der Waals surface area contributed by atoms with Crippen molar-refractivity contribution in [3.05, 3.63) is 60.7 Å². The first-order chi connectivity index (χ1) is 14.0. The molecule has 1 amide bonds. The van der Waals surface area contributed by atoms with Crippen LogP contribution in [0.4, 0.5) is 0 Å². The first-order valence-electron chi connectivity index (χ1n) is 9.77. The maximum absolute atomic E-state index is 12.9. The average molecular weight is 391 g/mol. The maximum Gasteiger partial charge on any atom is 0.240 e. The van der Waals surface area contributed by atoms with E-state index in [1.165, 1.54) is 0 Å². The first-order valence-corrected chi connectivity index (χ1v) is 9.77. The molecule has 0 aliphatic heterocycles. The number of aromatic nitrogens is 4. The predicted molar refractivity (Wildman–Crippen MR) is 112 cm³/mol. The van der Waals surface area contributed by atoms with Gasteiger partial charge in [-0.2, -0.15) is 0 Å². The van der Waals surface area contributed by atoms with Crippen molar-refractivity contribution in [3.8, 4) is 5.75 Å². The Kier molecular flexibility index (Phi) is 5.20. The van der Waals surface area contributed by atoms with E-state index in [1.54, 1.807) is 7.11 Å². The van der Waals surface area contributed by atoms with Crippen LogP contribution in [0.15, 0.2) is 54.9 Å². The van der Waals surface area contributed by atoms with E-state index in [1.807, 2.05) is 63.8 Å². The molecule has 3 heterocycles. The van der Waals surface area contributed by atoms with Crippen LogP contribution in [0.1, 0.15) is 32.1 Å². The van der Waals surface area contributed by atoms with Gasteiger partial charge in [-0.25, -0.2) is 0 Å². The molecule has 1 N–H and O–H groups in total. The molecule has 0 aliphatic rings. The van der Waals surface area contributed by atoms with Crippen LogP contribution in [-0.2, 0) is 11.3 Å². The molecule has 3 aromatic heterocycles. The molecular weight excluding hydrogens is 366 g/mol. The third kappa shape index (κ3) is 3.94. The molecule has 0 fully saturated rings. The van der Waals surface area contributed by atoms with Gasteiger partial charge >= 0.3 is 0 Å². The molecule has 1 unspecified atom stereocenters. The molecule has 0 radical (unpaired) electrons. The summed E-state index contributed by atoms with van der Waals surface area (Å²) in [5, 5.41) is 12.8. The van der Waals surface area contributed by atoms with Gasteiger partial charge in [0.25, 0.3) is 0 Å². The number of ether oxygens (including phenoxy) is 1. The zero-order valence-electron chi connectivity index (χ0n) is 16.9. The van der Waals surface area contributed by atoms with Crippen molar-refractivity contribution in [1.29, 1.82) is 0 Å². The molecule has 4 rings (SSSR count). The van der Waals surface area contributed by atoms with E-state index in [0.717, 1.165) is 34.5 Å². The highest BCUT2D eigenvalue weighted by atomic mass is 16.5. The van der Waals surface area contributed by atoms with Gasteiger partial charge in [0, 0.05) is 23.3 Å². The largest absolute Gasteiger partial charge is 0.497 e. The Morgan fingerprint density at radius 1 is 1.14 bits per heavy atom. The molecule has 0 aliphatic carbocycles. The van der Waals surface area contributed by atoms with E-state index in [4.69, 9.17) is 4.74 Å². The quantitative estimate of drug-likeness (QED) is 0.522. The monoisotopic (exact) mass is 391 g/mol. The number of hydrogen-bond acceptors (Lipinski definition) is 4. The van der Waals surface area contributed by atoms with Crippen LogP contribution in [0, 0.1) is 5.92 Å². The second kappa shape index (κ2) is 7.95. The van der Waals surface area contributed by atoms with Gasteiger partial charge in [-0.3, -0.25) is 9.20 Å². The molecule has 4 aromatic rings. The van der Waals surface area contributed by atoms with Crippen LogP contribution in [0.2, 0.25) is 0 Å². The van der Waals surface area contributed by atoms with Gasteiger partial charge in [0.1, 0.15) is 12.3 Å². The van der Waals surface area contributed by atoms with Crippen LogP contribution >= 0.6 is 0 Å². The van der Waals surface area contributed by atoms with E-state index < -0.39 is 0 Å². The molecule has 0 bridgehead atoms. The molecule has 7 heteroatoms. The predicted octanol–water partition coefficient (Wildman–Crippen LogP) is 3.60. The molecular formula is C22H25N5O2. The summed E-state index contributed by atoms with van der Waals surface area (Å²) in [6.45, 7) is 4.51. The number of carbonyl (C=O) groups is 1. The van der Waals surface area contributed by atoms with E-state index >= 15 is 0 Å². The molecule has 7 nitrogen and oxygen atoms in total. The summed E-state index contributed by atoms with van der Waals surface area (Å²) in [6.07, 6.45) is 4.63. The average Bonchev–Trinajstić information content (AvgIpc) is 3.31. The lowest BCUT2D eigenvalue weighted by molar-refractivity contribution is -0.122. The SMILES string of the molecule is COc1ccc2c(ccn2CC(=O)NC(CC(C)C)c2nnc3ccccn23)c1. The molecule has 29 heavy (non-hydrogen) atoms. The van der Waals surface area contributed by atoms with Crippen LogP contribution in [0.25, 0.3) is 16.6 Å². The van der Waals surface area contributed by atoms with Crippen molar-refractivity contribution in [2.75, 3.05) is 7.11 Å². The summed E-state index contributed by atoms with van der Waals surface area (Å²) in [4.78, 5) is 12.9. The number of nitrogens with one attached hydrogen (secondary N) is 1. The highest BCUT2D eigenvalue weighted by Crippen LogP contribution is 2.23. The normalized spacial score (nSPS) is 12.6. The highest BCUT2D eigenvalue weighted by molar-refractivity contribution is 5.84. The minimum absolute atomic E-state index is 0.0587. The van der Waals surface area contributed by atoms with Gasteiger partial charge in [-0.05, 0) is 48.7 Å². The Morgan fingerprint density at radius 2 is 2.00 bits per heavy atom. The Hall–Kier alpha value is -3.35. The Labute approximate surface area is 169 Å². The number of hydrogen-bond donors (Lipinski definition) is 1. The zero-order valence-corrected chi connectivity index (χ0v) is 16.9. The summed E-state index contributed by atoms with van der Waals surface area (Å²) in [5.74, 6) is 1.90. The third-order valence-electron chi connectivity index (χ3n) is 4.99. The lowest BCUT2D eigenvalue weighted by atomic mass is 10.0. The minimum Gasteiger partial charge on any atom is -0.497 e. The van der Waals surface area contributed by atoms with Crippen molar-refractivity contribution in [1.82, 2.24) is 24.5 Å². The number of methoxy groups -OCH3 is 1. The number of carbonyl (C=O) groups excluding carboxylic acids is 1. The second-order valence-corrected chi connectivity index (χ2v) is 7.61. The number of fused-ring (bicyclic) bond motifs is 2. The van der Waals surface area contributed by atoms with Crippen LogP contribution in [0.3, 0.4) is 0 Å². The summed E-state index contributed by atoms with van der Waals surface area (Å²) in [6, 6.07) is 13.4. The molecule has 0 spiro atoms.